The summed E-state index contributed by atoms with van der Waals surface area (Å²) < 4.78 is 0. The summed E-state index contributed by atoms with van der Waals surface area (Å²) in [5.74, 6) is 0. The van der Waals surface area contributed by atoms with Crippen molar-refractivity contribution in [2.75, 3.05) is 0 Å². The zero-order valence-electron chi connectivity index (χ0n) is 16.5. The fraction of sp³-hybridized carbons (Fsp3) is 0. The van der Waals surface area contributed by atoms with Gasteiger partial charge in [-0.3, -0.25) is 0 Å². The second kappa shape index (κ2) is 6.86. The van der Waals surface area contributed by atoms with Gasteiger partial charge in [0, 0.05) is 0 Å². The molecule has 0 N–H and O–H groups in total. The second-order valence-corrected chi connectivity index (χ2v) is 7.84. The van der Waals surface area contributed by atoms with E-state index in [1.54, 1.807) is 0 Å². The van der Waals surface area contributed by atoms with Gasteiger partial charge in [0.15, 0.2) is 0 Å². The Hall–Kier alpha value is -3.90. The molecular weight excluding hydrogens is 360 g/mol. The predicted molar refractivity (Wildman–Crippen MR) is 132 cm³/mol. The average Bonchev–Trinajstić information content (AvgIpc) is 2.82. The van der Waals surface area contributed by atoms with Gasteiger partial charge in [-0.25, -0.2) is 0 Å². The van der Waals surface area contributed by atoms with Gasteiger partial charge in [0.1, 0.15) is 0 Å². The molecule has 0 saturated heterocycles. The Balaban J connectivity index is 0.000000118. The third-order valence-corrected chi connectivity index (χ3v) is 6.01. The number of fused-ring (bicyclic) bond motifs is 2. The van der Waals surface area contributed by atoms with Crippen LogP contribution in [0.15, 0.2) is 121 Å². The van der Waals surface area contributed by atoms with Crippen LogP contribution in [0.3, 0.4) is 0 Å². The molecule has 0 radical (unpaired) electrons. The molecule has 0 amide bonds. The van der Waals surface area contributed by atoms with Crippen molar-refractivity contribution in [1.29, 1.82) is 0 Å². The molecule has 0 heteroatoms. The maximum atomic E-state index is 2.24. The van der Waals surface area contributed by atoms with Crippen molar-refractivity contribution in [3.05, 3.63) is 121 Å². The molecule has 30 heavy (non-hydrogen) atoms. The van der Waals surface area contributed by atoms with Crippen LogP contribution in [-0.2, 0) is 0 Å². The van der Waals surface area contributed by atoms with Gasteiger partial charge in [-0.05, 0) is 66.0 Å². The van der Waals surface area contributed by atoms with E-state index in [0.717, 1.165) is 0 Å². The van der Waals surface area contributed by atoms with E-state index in [1.165, 1.54) is 53.9 Å². The molecule has 7 rings (SSSR count). The zero-order valence-corrected chi connectivity index (χ0v) is 16.5. The quantitative estimate of drug-likeness (QED) is 0.182. The maximum absolute atomic E-state index is 2.24. The van der Waals surface area contributed by atoms with Crippen LogP contribution in [0.1, 0.15) is 0 Å². The first kappa shape index (κ1) is 17.0. The highest BCUT2D eigenvalue weighted by atomic mass is 14.1. The van der Waals surface area contributed by atoms with Crippen molar-refractivity contribution < 1.29 is 0 Å². The van der Waals surface area contributed by atoms with Crippen molar-refractivity contribution in [3.8, 4) is 0 Å². The first-order valence-electron chi connectivity index (χ1n) is 10.4. The predicted octanol–water partition coefficient (Wildman–Crippen LogP) is 8.58. The number of hydrogen-bond donors (Lipinski definition) is 0. The minimum absolute atomic E-state index is 1.31. The summed E-state index contributed by atoms with van der Waals surface area (Å²) >= 11 is 0. The van der Waals surface area contributed by atoms with Crippen LogP contribution in [-0.4, -0.2) is 0 Å². The number of rotatable bonds is 0. The Morgan fingerprint density at radius 3 is 0.800 bits per heavy atom. The first-order valence-corrected chi connectivity index (χ1v) is 10.4. The maximum Gasteiger partial charge on any atom is -0.00268 e. The van der Waals surface area contributed by atoms with Gasteiger partial charge in [0.25, 0.3) is 0 Å². The summed E-state index contributed by atoms with van der Waals surface area (Å²) in [4.78, 5) is 0. The molecule has 0 bridgehead atoms. The molecule has 0 heterocycles. The fourth-order valence-corrected chi connectivity index (χ4v) is 4.55. The third-order valence-electron chi connectivity index (χ3n) is 6.01. The van der Waals surface area contributed by atoms with E-state index in [9.17, 15) is 0 Å². The Morgan fingerprint density at radius 1 is 0.233 bits per heavy atom. The highest BCUT2D eigenvalue weighted by Crippen LogP contribution is 2.33. The van der Waals surface area contributed by atoms with Crippen molar-refractivity contribution >= 4 is 53.9 Å². The molecule has 140 valence electrons. The van der Waals surface area contributed by atoms with Crippen LogP contribution in [0.25, 0.3) is 53.9 Å². The Labute approximate surface area is 175 Å². The molecule has 0 spiro atoms. The lowest BCUT2D eigenvalue weighted by Gasteiger charge is -2.09. The smallest absolute Gasteiger partial charge is 0.00268 e. The van der Waals surface area contributed by atoms with Crippen LogP contribution in [0.5, 0.6) is 0 Å². The average molecular weight is 380 g/mol. The van der Waals surface area contributed by atoms with E-state index in [-0.39, 0.29) is 0 Å². The molecule has 0 nitrogen and oxygen atoms in total. The van der Waals surface area contributed by atoms with Gasteiger partial charge in [-0.1, -0.05) is 109 Å². The molecule has 0 aliphatic heterocycles. The van der Waals surface area contributed by atoms with Crippen molar-refractivity contribution in [2.24, 2.45) is 0 Å². The minimum Gasteiger partial charge on any atom is -0.0616 e. The Kier molecular flexibility index (Phi) is 3.89. The minimum atomic E-state index is 1.31. The molecule has 0 aliphatic carbocycles. The summed E-state index contributed by atoms with van der Waals surface area (Å²) in [6, 6.07) is 43.3. The highest BCUT2D eigenvalue weighted by Gasteiger charge is 2.06. The molecule has 7 aromatic rings. The lowest BCUT2D eigenvalue weighted by molar-refractivity contribution is 1.76. The van der Waals surface area contributed by atoms with Crippen LogP contribution in [0, 0.1) is 0 Å². The highest BCUT2D eigenvalue weighted by molar-refractivity contribution is 6.22. The Morgan fingerprint density at radius 2 is 0.500 bits per heavy atom. The summed E-state index contributed by atoms with van der Waals surface area (Å²) in [7, 11) is 0. The van der Waals surface area contributed by atoms with Crippen molar-refractivity contribution in [2.45, 2.75) is 0 Å². The summed E-state index contributed by atoms with van der Waals surface area (Å²) in [5.41, 5.74) is 0. The number of benzene rings is 7. The van der Waals surface area contributed by atoms with Gasteiger partial charge in [-0.15, -0.1) is 0 Å². The molecule has 0 aliphatic rings. The van der Waals surface area contributed by atoms with E-state index < -0.39 is 0 Å². The van der Waals surface area contributed by atoms with Gasteiger partial charge in [0.2, 0.25) is 0 Å². The molecule has 0 atom stereocenters. The van der Waals surface area contributed by atoms with Crippen LogP contribution in [0.2, 0.25) is 0 Å². The second-order valence-electron chi connectivity index (χ2n) is 7.84. The summed E-state index contributed by atoms with van der Waals surface area (Å²) in [6.07, 6.45) is 0. The van der Waals surface area contributed by atoms with E-state index in [4.69, 9.17) is 0 Å². The largest absolute Gasteiger partial charge is 0.0616 e. The monoisotopic (exact) mass is 380 g/mol. The molecule has 0 fully saturated rings. The fourth-order valence-electron chi connectivity index (χ4n) is 4.55. The van der Waals surface area contributed by atoms with Crippen LogP contribution < -0.4 is 0 Å². The summed E-state index contributed by atoms with van der Waals surface area (Å²) in [5, 5.41) is 13.4. The third kappa shape index (κ3) is 2.77. The molecule has 0 saturated carbocycles. The van der Waals surface area contributed by atoms with Crippen LogP contribution in [0.4, 0.5) is 0 Å². The van der Waals surface area contributed by atoms with Gasteiger partial charge in [-0.2, -0.15) is 0 Å². The van der Waals surface area contributed by atoms with E-state index in [0.29, 0.717) is 0 Å². The topological polar surface area (TPSA) is 0 Å². The lowest BCUT2D eigenvalue weighted by Crippen LogP contribution is -1.82. The van der Waals surface area contributed by atoms with E-state index in [1.807, 2.05) is 0 Å². The van der Waals surface area contributed by atoms with Gasteiger partial charge < -0.3 is 0 Å². The van der Waals surface area contributed by atoms with Gasteiger partial charge >= 0.3 is 0 Å². The van der Waals surface area contributed by atoms with E-state index in [2.05, 4.69) is 121 Å². The van der Waals surface area contributed by atoms with Crippen molar-refractivity contribution in [3.63, 3.8) is 0 Å². The molecule has 7 aromatic carbocycles. The lowest BCUT2D eigenvalue weighted by atomic mass is 9.95. The summed E-state index contributed by atoms with van der Waals surface area (Å²) in [6.45, 7) is 0. The van der Waals surface area contributed by atoms with Crippen LogP contribution >= 0.6 is 0 Å². The van der Waals surface area contributed by atoms with Gasteiger partial charge in [0.05, 0.1) is 0 Å². The molecular formula is C30H20. The zero-order chi connectivity index (χ0) is 19.9. The number of hydrogen-bond acceptors (Lipinski definition) is 0. The SMILES string of the molecule is c1cc2ccc3cccc4ccc(c1)c2c34.c1ccc2cc3ccccc3cc2c1. The normalized spacial score (nSPS) is 11.3. The Bertz CT molecular complexity index is 1400. The first-order chi connectivity index (χ1) is 14.9. The van der Waals surface area contributed by atoms with E-state index >= 15 is 0 Å². The standard InChI is InChI=1S/C16H10.C14H10/c1-3-11-7-9-13-5-2-6-14-10-8-12(4-1)15(11)16(13)14;1-2-6-12-10-14-8-4-3-7-13(14)9-11(12)5-1/h1-10H;1-10H. The van der Waals surface area contributed by atoms with Crippen molar-refractivity contribution in [1.82, 2.24) is 0 Å². The molecule has 0 unspecified atom stereocenters. The molecule has 0 aromatic heterocycles.